The van der Waals surface area contributed by atoms with Crippen LogP contribution in [0.3, 0.4) is 0 Å². The molecule has 134 valence electrons. The van der Waals surface area contributed by atoms with Crippen molar-refractivity contribution in [2.45, 2.75) is 13.8 Å². The summed E-state index contributed by atoms with van der Waals surface area (Å²) in [5.41, 5.74) is 1.61. The number of nitrogens with zero attached hydrogens (tertiary/aromatic N) is 1. The minimum Gasteiger partial charge on any atom is -0.466 e. The Morgan fingerprint density at radius 3 is 1.72 bits per heavy atom. The highest BCUT2D eigenvalue weighted by Gasteiger charge is 1.95. The predicted molar refractivity (Wildman–Crippen MR) is 101 cm³/mol. The average Bonchev–Trinajstić information content (AvgIpc) is 2.62. The molecule has 1 aromatic carbocycles. The first-order valence-electron chi connectivity index (χ1n) is 7.00. The van der Waals surface area contributed by atoms with E-state index in [1.54, 1.807) is 13.0 Å². The lowest BCUT2D eigenvalue weighted by atomic mass is 10.2. The van der Waals surface area contributed by atoms with Crippen LogP contribution in [0, 0.1) is 11.3 Å². The molecule has 0 N–H and O–H groups in total. The fourth-order valence-corrected chi connectivity index (χ4v) is 0.881. The molecule has 5 nitrogen and oxygen atoms in total. The fraction of sp³-hybridized carbons (Fsp3) is 0.150. The highest BCUT2D eigenvalue weighted by atomic mass is 16.5. The van der Waals surface area contributed by atoms with Gasteiger partial charge in [0.2, 0.25) is 0 Å². The van der Waals surface area contributed by atoms with Crippen LogP contribution in [0.25, 0.3) is 6.08 Å². The quantitative estimate of drug-likeness (QED) is 0.351. The average molecular weight is 343 g/mol. The number of carbonyl (C=O) groups is 2. The molecule has 0 fully saturated rings. The summed E-state index contributed by atoms with van der Waals surface area (Å²) in [4.78, 5) is 19.9. The largest absolute Gasteiger partial charge is 0.466 e. The van der Waals surface area contributed by atoms with Crippen molar-refractivity contribution in [3.05, 3.63) is 80.1 Å². The van der Waals surface area contributed by atoms with Crippen molar-refractivity contribution in [3.63, 3.8) is 0 Å². The van der Waals surface area contributed by atoms with Gasteiger partial charge in [-0.15, -0.1) is 0 Å². The molecule has 1 rings (SSSR count). The molecule has 0 radical (unpaired) electrons. The van der Waals surface area contributed by atoms with E-state index in [4.69, 9.17) is 5.26 Å². The number of hydrogen-bond acceptors (Lipinski definition) is 5. The van der Waals surface area contributed by atoms with Crippen molar-refractivity contribution in [2.24, 2.45) is 0 Å². The zero-order valence-corrected chi connectivity index (χ0v) is 15.0. The number of methoxy groups -OCH3 is 1. The molecule has 0 aliphatic heterocycles. The molecule has 0 amide bonds. The number of esters is 2. The Balaban J connectivity index is -0.000000266. The zero-order valence-electron chi connectivity index (χ0n) is 15.0. The molecule has 0 aliphatic carbocycles. The van der Waals surface area contributed by atoms with E-state index in [0.717, 1.165) is 6.26 Å². The Kier molecular flexibility index (Phi) is 21.9. The van der Waals surface area contributed by atoms with Crippen LogP contribution in [0.4, 0.5) is 0 Å². The van der Waals surface area contributed by atoms with Crippen LogP contribution in [0.5, 0.6) is 0 Å². The van der Waals surface area contributed by atoms with Crippen molar-refractivity contribution in [3.8, 4) is 6.07 Å². The maximum Gasteiger partial charge on any atom is 0.332 e. The van der Waals surface area contributed by atoms with Crippen LogP contribution in [-0.4, -0.2) is 19.0 Å². The third-order valence-electron chi connectivity index (χ3n) is 1.91. The number of ether oxygens (including phenoxy) is 2. The van der Waals surface area contributed by atoms with Crippen LogP contribution < -0.4 is 0 Å². The maximum absolute atomic E-state index is 10.2. The molecule has 0 heterocycles. The molecular weight excluding hydrogens is 318 g/mol. The second kappa shape index (κ2) is 20.6. The normalized spacial score (nSPS) is 7.12. The van der Waals surface area contributed by atoms with Gasteiger partial charge in [-0.3, -0.25) is 4.79 Å². The molecule has 0 bridgehead atoms. The summed E-state index contributed by atoms with van der Waals surface area (Å²) in [7, 11) is 1.33. The van der Waals surface area contributed by atoms with Crippen LogP contribution in [0.2, 0.25) is 0 Å². The second-order valence-electron chi connectivity index (χ2n) is 4.00. The number of nitriles is 1. The van der Waals surface area contributed by atoms with Gasteiger partial charge in [0.25, 0.3) is 0 Å². The second-order valence-corrected chi connectivity index (χ2v) is 4.00. The Hall–Kier alpha value is -3.39. The van der Waals surface area contributed by atoms with Crippen molar-refractivity contribution in [1.29, 1.82) is 5.26 Å². The van der Waals surface area contributed by atoms with Gasteiger partial charge in [-0.2, -0.15) is 5.26 Å². The number of rotatable bonds is 3. The summed E-state index contributed by atoms with van der Waals surface area (Å²) < 4.78 is 8.44. The van der Waals surface area contributed by atoms with Gasteiger partial charge >= 0.3 is 11.9 Å². The van der Waals surface area contributed by atoms with Gasteiger partial charge in [-0.1, -0.05) is 62.7 Å². The van der Waals surface area contributed by atoms with E-state index in [2.05, 4.69) is 35.8 Å². The van der Waals surface area contributed by atoms with Crippen molar-refractivity contribution in [2.75, 3.05) is 7.11 Å². The molecule has 0 saturated heterocycles. The Morgan fingerprint density at radius 2 is 1.60 bits per heavy atom. The van der Waals surface area contributed by atoms with Gasteiger partial charge in [-0.05, 0) is 12.5 Å². The topological polar surface area (TPSA) is 76.4 Å². The number of carbonyl (C=O) groups excluding carboxylic acids is 2. The standard InChI is InChI=1S/C8H8.C5H8O2.C4H6O2.C3H3N/c1-2-8-6-4-3-5-7-8;1-4(2)5(6)7-3;1-3-6-4(2)5;1-2-3-4/h2-7H,1H2;1H2,2-3H3;3H,1H2,2H3;2H,1H2. The molecule has 0 saturated carbocycles. The van der Waals surface area contributed by atoms with E-state index in [0.29, 0.717) is 5.57 Å². The molecule has 25 heavy (non-hydrogen) atoms. The Bertz CT molecular complexity index is 583. The molecule has 1 aromatic rings. The SMILES string of the molecule is C=C(C)C(=O)OC.C=CC#N.C=COC(C)=O.C=Cc1ccccc1. The number of benzene rings is 1. The molecule has 0 aromatic heterocycles. The van der Waals surface area contributed by atoms with Crippen molar-refractivity contribution in [1.82, 2.24) is 0 Å². The van der Waals surface area contributed by atoms with E-state index >= 15 is 0 Å². The molecule has 0 spiro atoms. The summed E-state index contributed by atoms with van der Waals surface area (Å²) in [6, 6.07) is 11.7. The monoisotopic (exact) mass is 343 g/mol. The van der Waals surface area contributed by atoms with E-state index in [9.17, 15) is 9.59 Å². The number of hydrogen-bond donors (Lipinski definition) is 0. The van der Waals surface area contributed by atoms with Crippen molar-refractivity contribution < 1.29 is 19.1 Å². The van der Waals surface area contributed by atoms with E-state index in [1.807, 2.05) is 36.4 Å². The predicted octanol–water partition coefficient (Wildman–Crippen LogP) is 4.45. The van der Waals surface area contributed by atoms with Gasteiger partial charge in [-0.25, -0.2) is 4.79 Å². The van der Waals surface area contributed by atoms with Gasteiger partial charge in [0.05, 0.1) is 19.4 Å². The first-order chi connectivity index (χ1) is 11.8. The number of allylic oxidation sites excluding steroid dienone is 1. The zero-order chi connectivity index (χ0) is 20.1. The fourth-order valence-electron chi connectivity index (χ4n) is 0.881. The Labute approximate surface area is 150 Å². The third-order valence-corrected chi connectivity index (χ3v) is 1.91. The lowest BCUT2D eigenvalue weighted by Gasteiger charge is -1.91. The lowest BCUT2D eigenvalue weighted by Crippen LogP contribution is -1.98. The molecule has 0 aliphatic rings. The van der Waals surface area contributed by atoms with Crippen molar-refractivity contribution >= 4 is 18.0 Å². The highest BCUT2D eigenvalue weighted by molar-refractivity contribution is 5.86. The van der Waals surface area contributed by atoms with Crippen LogP contribution >= 0.6 is 0 Å². The Morgan fingerprint density at radius 1 is 1.12 bits per heavy atom. The van der Waals surface area contributed by atoms with E-state index in [-0.39, 0.29) is 11.9 Å². The molecule has 0 unspecified atom stereocenters. The summed E-state index contributed by atoms with van der Waals surface area (Å²) in [6.45, 7) is 16.2. The van der Waals surface area contributed by atoms with E-state index < -0.39 is 0 Å². The van der Waals surface area contributed by atoms with Gasteiger partial charge < -0.3 is 9.47 Å². The molecular formula is C20H25NO4. The smallest absolute Gasteiger partial charge is 0.332 e. The van der Waals surface area contributed by atoms with Crippen LogP contribution in [0.1, 0.15) is 19.4 Å². The first-order valence-corrected chi connectivity index (χ1v) is 7.00. The van der Waals surface area contributed by atoms with Crippen LogP contribution in [-0.2, 0) is 19.1 Å². The van der Waals surface area contributed by atoms with Gasteiger partial charge in [0, 0.05) is 18.6 Å². The third kappa shape index (κ3) is 25.9. The van der Waals surface area contributed by atoms with Crippen LogP contribution in [0.15, 0.2) is 74.6 Å². The minimum absolute atomic E-state index is 0.329. The summed E-state index contributed by atoms with van der Waals surface area (Å²) in [5, 5.41) is 7.51. The van der Waals surface area contributed by atoms with E-state index in [1.165, 1.54) is 25.7 Å². The summed E-state index contributed by atoms with van der Waals surface area (Å²) >= 11 is 0. The van der Waals surface area contributed by atoms with Gasteiger partial charge in [0.15, 0.2) is 0 Å². The highest BCUT2D eigenvalue weighted by Crippen LogP contribution is 1.97. The summed E-state index contributed by atoms with van der Waals surface area (Å²) in [5.74, 6) is -0.676. The summed E-state index contributed by atoms with van der Waals surface area (Å²) in [6.07, 6.45) is 4.11. The molecule has 0 atom stereocenters. The lowest BCUT2D eigenvalue weighted by molar-refractivity contribution is -0.136. The van der Waals surface area contributed by atoms with Gasteiger partial charge in [0.1, 0.15) is 0 Å². The maximum atomic E-state index is 10.2. The minimum atomic E-state index is -0.347. The first kappa shape index (κ1) is 26.5. The molecule has 5 heteroatoms.